The molecule has 0 amide bonds. The molecule has 2 aromatic carbocycles. The molecule has 1 saturated carbocycles. The second kappa shape index (κ2) is 3.95. The second-order valence-corrected chi connectivity index (χ2v) is 4.55. The van der Waals surface area contributed by atoms with Crippen molar-refractivity contribution in [2.45, 2.75) is 18.8 Å². The minimum atomic E-state index is -0.536. The summed E-state index contributed by atoms with van der Waals surface area (Å²) in [6.07, 6.45) is 2.52. The maximum Gasteiger partial charge on any atom is 0.126 e. The van der Waals surface area contributed by atoms with E-state index in [4.69, 9.17) is 0 Å². The number of hydrogen-bond donors (Lipinski definition) is 0. The summed E-state index contributed by atoms with van der Waals surface area (Å²) in [7, 11) is 0. The predicted molar refractivity (Wildman–Crippen MR) is 63.8 cm³/mol. The molecule has 1 aliphatic carbocycles. The van der Waals surface area contributed by atoms with Crippen molar-refractivity contribution < 1.29 is 8.78 Å². The Kier molecular flexibility index (Phi) is 2.43. The average Bonchev–Trinajstić information content (AvgIpc) is 3.12. The van der Waals surface area contributed by atoms with Gasteiger partial charge in [0, 0.05) is 6.07 Å². The number of benzene rings is 2. The summed E-state index contributed by atoms with van der Waals surface area (Å²) in [5.74, 6) is -0.370. The molecule has 0 bridgehead atoms. The Morgan fingerprint density at radius 3 is 1.88 bits per heavy atom. The number of rotatable bonds is 2. The standard InChI is InChI=1S/C15H12F2/c16-14-7-13(8-15(17)9-14)12-5-3-11(4-6-12)10-1-2-10/h3-10H,1-2H2. The molecule has 17 heavy (non-hydrogen) atoms. The highest BCUT2D eigenvalue weighted by Gasteiger charge is 2.22. The highest BCUT2D eigenvalue weighted by Crippen LogP contribution is 2.40. The van der Waals surface area contributed by atoms with Gasteiger partial charge in [0.2, 0.25) is 0 Å². The molecule has 0 aromatic heterocycles. The Hall–Kier alpha value is -1.70. The van der Waals surface area contributed by atoms with Crippen molar-refractivity contribution in [2.24, 2.45) is 0 Å². The van der Waals surface area contributed by atoms with E-state index in [0.29, 0.717) is 11.5 Å². The van der Waals surface area contributed by atoms with Crippen molar-refractivity contribution in [1.82, 2.24) is 0 Å². The van der Waals surface area contributed by atoms with Crippen molar-refractivity contribution in [2.75, 3.05) is 0 Å². The van der Waals surface area contributed by atoms with Crippen molar-refractivity contribution in [1.29, 1.82) is 0 Å². The third-order valence-electron chi connectivity index (χ3n) is 3.16. The molecule has 86 valence electrons. The lowest BCUT2D eigenvalue weighted by Crippen LogP contribution is -1.85. The van der Waals surface area contributed by atoms with Gasteiger partial charge in [-0.05, 0) is 47.6 Å². The molecular weight excluding hydrogens is 218 g/mol. The molecule has 1 aliphatic rings. The van der Waals surface area contributed by atoms with Gasteiger partial charge in [0.15, 0.2) is 0 Å². The molecule has 0 atom stereocenters. The van der Waals surface area contributed by atoms with Crippen LogP contribution in [0.2, 0.25) is 0 Å². The Bertz CT molecular complexity index is 519. The molecule has 0 nitrogen and oxygen atoms in total. The van der Waals surface area contributed by atoms with Crippen LogP contribution in [-0.2, 0) is 0 Å². The lowest BCUT2D eigenvalue weighted by molar-refractivity contribution is 0.584. The van der Waals surface area contributed by atoms with Crippen LogP contribution in [0.15, 0.2) is 42.5 Å². The van der Waals surface area contributed by atoms with Crippen LogP contribution in [0, 0.1) is 11.6 Å². The molecule has 0 N–H and O–H groups in total. The Balaban J connectivity index is 1.96. The molecular formula is C15H12F2. The third-order valence-corrected chi connectivity index (χ3v) is 3.16. The van der Waals surface area contributed by atoms with Crippen molar-refractivity contribution in [3.05, 3.63) is 59.7 Å². The zero-order valence-electron chi connectivity index (χ0n) is 9.29. The maximum atomic E-state index is 13.1. The Morgan fingerprint density at radius 1 is 0.765 bits per heavy atom. The molecule has 2 aromatic rings. The van der Waals surface area contributed by atoms with E-state index in [1.165, 1.54) is 30.5 Å². The molecule has 0 radical (unpaired) electrons. The quantitative estimate of drug-likeness (QED) is 0.712. The summed E-state index contributed by atoms with van der Waals surface area (Å²) in [6, 6.07) is 11.6. The fourth-order valence-electron chi connectivity index (χ4n) is 2.08. The Morgan fingerprint density at radius 2 is 1.35 bits per heavy atom. The second-order valence-electron chi connectivity index (χ2n) is 4.55. The fourth-order valence-corrected chi connectivity index (χ4v) is 2.08. The number of halogens is 2. The summed E-state index contributed by atoms with van der Waals surface area (Å²) >= 11 is 0. The van der Waals surface area contributed by atoms with E-state index < -0.39 is 11.6 Å². The summed E-state index contributed by atoms with van der Waals surface area (Å²) in [4.78, 5) is 0. The van der Waals surface area contributed by atoms with E-state index in [0.717, 1.165) is 11.6 Å². The van der Waals surface area contributed by atoms with E-state index in [2.05, 4.69) is 12.1 Å². The van der Waals surface area contributed by atoms with Gasteiger partial charge in [0.1, 0.15) is 11.6 Å². The molecule has 0 heterocycles. The van der Waals surface area contributed by atoms with Gasteiger partial charge in [0.05, 0.1) is 0 Å². The smallest absolute Gasteiger partial charge is 0.126 e. The predicted octanol–water partition coefficient (Wildman–Crippen LogP) is 4.51. The molecule has 2 heteroatoms. The van der Waals surface area contributed by atoms with Gasteiger partial charge >= 0.3 is 0 Å². The first-order valence-electron chi connectivity index (χ1n) is 5.79. The molecule has 0 spiro atoms. The molecule has 0 unspecified atom stereocenters. The van der Waals surface area contributed by atoms with Gasteiger partial charge in [-0.3, -0.25) is 0 Å². The van der Waals surface area contributed by atoms with Gasteiger partial charge in [0.25, 0.3) is 0 Å². The van der Waals surface area contributed by atoms with Crippen molar-refractivity contribution in [3.63, 3.8) is 0 Å². The number of hydrogen-bond acceptors (Lipinski definition) is 0. The summed E-state index contributed by atoms with van der Waals surface area (Å²) < 4.78 is 26.2. The summed E-state index contributed by atoms with van der Waals surface area (Å²) in [6.45, 7) is 0. The van der Waals surface area contributed by atoms with Gasteiger partial charge in [-0.15, -0.1) is 0 Å². The first kappa shape index (κ1) is 10.5. The van der Waals surface area contributed by atoms with Crippen LogP contribution >= 0.6 is 0 Å². The Labute approximate surface area is 98.9 Å². The van der Waals surface area contributed by atoms with E-state index in [1.54, 1.807) is 0 Å². The van der Waals surface area contributed by atoms with Crippen LogP contribution < -0.4 is 0 Å². The minimum Gasteiger partial charge on any atom is -0.207 e. The highest BCUT2D eigenvalue weighted by atomic mass is 19.1. The van der Waals surface area contributed by atoms with Gasteiger partial charge in [-0.1, -0.05) is 24.3 Å². The van der Waals surface area contributed by atoms with E-state index in [9.17, 15) is 8.78 Å². The highest BCUT2D eigenvalue weighted by molar-refractivity contribution is 5.64. The molecule has 3 rings (SSSR count). The largest absolute Gasteiger partial charge is 0.207 e. The molecule has 1 fully saturated rings. The molecule has 0 aliphatic heterocycles. The van der Waals surface area contributed by atoms with Crippen LogP contribution in [0.5, 0.6) is 0 Å². The first-order chi connectivity index (χ1) is 8.22. The van der Waals surface area contributed by atoms with Gasteiger partial charge < -0.3 is 0 Å². The molecule has 0 saturated heterocycles. The SMILES string of the molecule is Fc1cc(F)cc(-c2ccc(C3CC3)cc2)c1. The van der Waals surface area contributed by atoms with Crippen molar-refractivity contribution in [3.8, 4) is 11.1 Å². The fraction of sp³-hybridized carbons (Fsp3) is 0.200. The van der Waals surface area contributed by atoms with Crippen molar-refractivity contribution >= 4 is 0 Å². The lowest BCUT2D eigenvalue weighted by atomic mass is 10.0. The maximum absolute atomic E-state index is 13.1. The summed E-state index contributed by atoms with van der Waals surface area (Å²) in [5.41, 5.74) is 2.77. The van der Waals surface area contributed by atoms with Crippen LogP contribution in [0.4, 0.5) is 8.78 Å². The zero-order chi connectivity index (χ0) is 11.8. The zero-order valence-corrected chi connectivity index (χ0v) is 9.29. The average molecular weight is 230 g/mol. The van der Waals surface area contributed by atoms with Gasteiger partial charge in [-0.25, -0.2) is 8.78 Å². The third kappa shape index (κ3) is 2.21. The van der Waals surface area contributed by atoms with Crippen LogP contribution in [0.25, 0.3) is 11.1 Å². The first-order valence-corrected chi connectivity index (χ1v) is 5.79. The van der Waals surface area contributed by atoms with Crippen LogP contribution in [-0.4, -0.2) is 0 Å². The lowest BCUT2D eigenvalue weighted by Gasteiger charge is -2.04. The van der Waals surface area contributed by atoms with Crippen LogP contribution in [0.3, 0.4) is 0 Å². The monoisotopic (exact) mass is 230 g/mol. The normalized spacial score (nSPS) is 14.9. The topological polar surface area (TPSA) is 0 Å². The van der Waals surface area contributed by atoms with E-state index in [1.807, 2.05) is 12.1 Å². The summed E-state index contributed by atoms with van der Waals surface area (Å²) in [5, 5.41) is 0. The minimum absolute atomic E-state index is 0.536. The van der Waals surface area contributed by atoms with Crippen LogP contribution in [0.1, 0.15) is 24.3 Å². The van der Waals surface area contributed by atoms with Gasteiger partial charge in [-0.2, -0.15) is 0 Å². The van der Waals surface area contributed by atoms with E-state index >= 15 is 0 Å². The van der Waals surface area contributed by atoms with E-state index in [-0.39, 0.29) is 0 Å².